The summed E-state index contributed by atoms with van der Waals surface area (Å²) in [7, 11) is -3.02. The molecule has 0 bridgehead atoms. The molecule has 2 aliphatic heterocycles. The molecule has 8 heteroatoms. The minimum absolute atomic E-state index is 0.0145. The highest BCUT2D eigenvalue weighted by Crippen LogP contribution is 2.21. The molecule has 0 radical (unpaired) electrons. The fraction of sp³-hybridized carbons (Fsp3) is 0.529. The molecule has 3 rings (SSSR count). The molecular formula is C17H21FN2O4S. The molecule has 1 atom stereocenters. The number of piperidine rings is 1. The Bertz CT molecular complexity index is 755. The first-order valence-electron chi connectivity index (χ1n) is 8.40. The van der Waals surface area contributed by atoms with Crippen LogP contribution in [0, 0.1) is 11.7 Å². The zero-order chi connectivity index (χ0) is 18.0. The minimum Gasteiger partial charge on any atom is -0.352 e. The molecule has 2 fully saturated rings. The van der Waals surface area contributed by atoms with E-state index in [1.165, 1.54) is 24.3 Å². The van der Waals surface area contributed by atoms with Crippen LogP contribution >= 0.6 is 0 Å². The van der Waals surface area contributed by atoms with Gasteiger partial charge in [-0.25, -0.2) is 12.8 Å². The van der Waals surface area contributed by atoms with Crippen molar-refractivity contribution in [3.63, 3.8) is 0 Å². The summed E-state index contributed by atoms with van der Waals surface area (Å²) in [6.07, 6.45) is 1.55. The highest BCUT2D eigenvalue weighted by atomic mass is 32.2. The Balaban J connectivity index is 1.50. The molecule has 136 valence electrons. The van der Waals surface area contributed by atoms with Crippen LogP contribution in [0.15, 0.2) is 24.3 Å². The maximum Gasteiger partial charge on any atom is 0.253 e. The second kappa shape index (κ2) is 7.11. The third-order valence-electron chi connectivity index (χ3n) is 4.82. The number of rotatable bonds is 3. The summed E-state index contributed by atoms with van der Waals surface area (Å²) in [6.45, 7) is 0.911. The van der Waals surface area contributed by atoms with Crippen LogP contribution in [0.3, 0.4) is 0 Å². The number of hydrogen-bond donors (Lipinski definition) is 1. The Hall–Kier alpha value is -1.96. The highest BCUT2D eigenvalue weighted by molar-refractivity contribution is 7.91. The summed E-state index contributed by atoms with van der Waals surface area (Å²) in [4.78, 5) is 26.3. The van der Waals surface area contributed by atoms with Crippen LogP contribution in [0.25, 0.3) is 0 Å². The first-order valence-corrected chi connectivity index (χ1v) is 10.2. The third kappa shape index (κ3) is 4.36. The summed E-state index contributed by atoms with van der Waals surface area (Å²) in [5.74, 6) is -0.749. The van der Waals surface area contributed by atoms with Crippen LogP contribution in [-0.2, 0) is 14.6 Å². The molecule has 0 spiro atoms. The van der Waals surface area contributed by atoms with Gasteiger partial charge in [0.15, 0.2) is 9.84 Å². The molecule has 1 N–H and O–H groups in total. The third-order valence-corrected chi connectivity index (χ3v) is 6.59. The molecule has 2 aliphatic rings. The van der Waals surface area contributed by atoms with Gasteiger partial charge in [-0.3, -0.25) is 9.59 Å². The van der Waals surface area contributed by atoms with Crippen LogP contribution in [0.2, 0.25) is 0 Å². The lowest BCUT2D eigenvalue weighted by atomic mass is 9.95. The summed E-state index contributed by atoms with van der Waals surface area (Å²) in [6, 6.07) is 5.12. The van der Waals surface area contributed by atoms with Crippen molar-refractivity contribution in [2.45, 2.75) is 25.3 Å². The van der Waals surface area contributed by atoms with Crippen molar-refractivity contribution in [3.05, 3.63) is 35.6 Å². The van der Waals surface area contributed by atoms with Crippen LogP contribution < -0.4 is 5.32 Å². The second-order valence-corrected chi connectivity index (χ2v) is 8.91. The summed E-state index contributed by atoms with van der Waals surface area (Å²) in [5.41, 5.74) is 0.431. The predicted octanol–water partition coefficient (Wildman–Crippen LogP) is 0.981. The van der Waals surface area contributed by atoms with Gasteiger partial charge in [0.25, 0.3) is 5.91 Å². The first kappa shape index (κ1) is 17.8. The van der Waals surface area contributed by atoms with Gasteiger partial charge in [0.2, 0.25) is 5.91 Å². The zero-order valence-corrected chi connectivity index (χ0v) is 14.6. The highest BCUT2D eigenvalue weighted by Gasteiger charge is 2.32. The van der Waals surface area contributed by atoms with Gasteiger partial charge < -0.3 is 10.2 Å². The van der Waals surface area contributed by atoms with Crippen molar-refractivity contribution in [1.82, 2.24) is 10.2 Å². The normalized spacial score (nSPS) is 23.4. The molecule has 2 amide bonds. The number of amides is 2. The smallest absolute Gasteiger partial charge is 0.253 e. The number of carbonyl (C=O) groups is 2. The largest absolute Gasteiger partial charge is 0.352 e. The van der Waals surface area contributed by atoms with E-state index in [2.05, 4.69) is 5.32 Å². The molecule has 2 saturated heterocycles. The van der Waals surface area contributed by atoms with Crippen molar-refractivity contribution in [2.24, 2.45) is 5.92 Å². The second-order valence-electron chi connectivity index (χ2n) is 6.68. The van der Waals surface area contributed by atoms with E-state index in [0.29, 0.717) is 37.9 Å². The summed E-state index contributed by atoms with van der Waals surface area (Å²) < 4.78 is 35.8. The van der Waals surface area contributed by atoms with Gasteiger partial charge in [-0.2, -0.15) is 0 Å². The van der Waals surface area contributed by atoms with Gasteiger partial charge >= 0.3 is 0 Å². The van der Waals surface area contributed by atoms with Crippen LogP contribution in [0.5, 0.6) is 0 Å². The maximum absolute atomic E-state index is 12.9. The van der Waals surface area contributed by atoms with Gasteiger partial charge in [0.05, 0.1) is 11.5 Å². The molecule has 0 aliphatic carbocycles. The fourth-order valence-electron chi connectivity index (χ4n) is 3.35. The number of benzene rings is 1. The topological polar surface area (TPSA) is 83.6 Å². The molecule has 6 nitrogen and oxygen atoms in total. The SMILES string of the molecule is O=C(NC1CCS(=O)(=O)C1)C1CCN(C(=O)c2ccc(F)cc2)CC1. The predicted molar refractivity (Wildman–Crippen MR) is 90.2 cm³/mol. The van der Waals surface area contributed by atoms with E-state index in [9.17, 15) is 22.4 Å². The van der Waals surface area contributed by atoms with E-state index in [4.69, 9.17) is 0 Å². The molecule has 1 unspecified atom stereocenters. The van der Waals surface area contributed by atoms with E-state index in [-0.39, 0.29) is 41.1 Å². The first-order chi connectivity index (χ1) is 11.8. The monoisotopic (exact) mass is 368 g/mol. The lowest BCUT2D eigenvalue weighted by Crippen LogP contribution is -2.45. The van der Waals surface area contributed by atoms with Crippen molar-refractivity contribution in [3.8, 4) is 0 Å². The number of likely N-dealkylation sites (tertiary alicyclic amines) is 1. The Labute approximate surface area is 146 Å². The lowest BCUT2D eigenvalue weighted by Gasteiger charge is -2.32. The number of halogens is 1. The number of sulfone groups is 1. The van der Waals surface area contributed by atoms with Gasteiger partial charge in [-0.1, -0.05) is 0 Å². The lowest BCUT2D eigenvalue weighted by molar-refractivity contribution is -0.126. The Kier molecular flexibility index (Phi) is 5.08. The van der Waals surface area contributed by atoms with Crippen molar-refractivity contribution in [2.75, 3.05) is 24.6 Å². The average molecular weight is 368 g/mol. The molecular weight excluding hydrogens is 347 g/mol. The molecule has 1 aromatic carbocycles. The standard InChI is InChI=1S/C17H21FN2O4S/c18-14-3-1-13(2-4-14)17(22)20-8-5-12(6-9-20)16(21)19-15-7-10-25(23,24)11-15/h1-4,12,15H,5-11H2,(H,19,21). The Morgan fingerprint density at radius 3 is 2.28 bits per heavy atom. The number of nitrogens with zero attached hydrogens (tertiary/aromatic N) is 1. The van der Waals surface area contributed by atoms with Crippen LogP contribution in [-0.4, -0.2) is 55.8 Å². The number of carbonyl (C=O) groups excluding carboxylic acids is 2. The van der Waals surface area contributed by atoms with Gasteiger partial charge in [0.1, 0.15) is 5.82 Å². The van der Waals surface area contributed by atoms with Crippen LogP contribution in [0.4, 0.5) is 4.39 Å². The molecule has 2 heterocycles. The number of hydrogen-bond acceptors (Lipinski definition) is 4. The van der Waals surface area contributed by atoms with Gasteiger partial charge in [0, 0.05) is 30.6 Å². The van der Waals surface area contributed by atoms with Crippen molar-refractivity contribution >= 4 is 21.7 Å². The van der Waals surface area contributed by atoms with Crippen LogP contribution in [0.1, 0.15) is 29.6 Å². The van der Waals surface area contributed by atoms with Crippen molar-refractivity contribution < 1.29 is 22.4 Å². The number of nitrogens with one attached hydrogen (secondary N) is 1. The molecule has 1 aromatic rings. The molecule has 0 aromatic heterocycles. The van der Waals surface area contributed by atoms with E-state index < -0.39 is 9.84 Å². The zero-order valence-electron chi connectivity index (χ0n) is 13.8. The minimum atomic E-state index is -3.02. The van der Waals surface area contributed by atoms with E-state index >= 15 is 0 Å². The van der Waals surface area contributed by atoms with Gasteiger partial charge in [-0.05, 0) is 43.5 Å². The quantitative estimate of drug-likeness (QED) is 0.862. The summed E-state index contributed by atoms with van der Waals surface area (Å²) >= 11 is 0. The molecule has 25 heavy (non-hydrogen) atoms. The van der Waals surface area contributed by atoms with E-state index in [0.717, 1.165) is 0 Å². The van der Waals surface area contributed by atoms with E-state index in [1.807, 2.05) is 0 Å². The Morgan fingerprint density at radius 2 is 1.72 bits per heavy atom. The average Bonchev–Trinajstić information content (AvgIpc) is 2.93. The van der Waals surface area contributed by atoms with Crippen molar-refractivity contribution in [1.29, 1.82) is 0 Å². The van der Waals surface area contributed by atoms with E-state index in [1.54, 1.807) is 4.90 Å². The maximum atomic E-state index is 12.9. The Morgan fingerprint density at radius 1 is 1.08 bits per heavy atom. The van der Waals surface area contributed by atoms with Gasteiger partial charge in [-0.15, -0.1) is 0 Å². The fourth-order valence-corrected chi connectivity index (χ4v) is 5.02. The molecule has 0 saturated carbocycles. The summed E-state index contributed by atoms with van der Waals surface area (Å²) in [5, 5.41) is 2.82.